The molecule has 0 radical (unpaired) electrons. The average molecular weight is 345 g/mol. The van der Waals surface area contributed by atoms with Gasteiger partial charge in [-0.05, 0) is 6.07 Å². The molecule has 1 atom stereocenters. The van der Waals surface area contributed by atoms with Gasteiger partial charge in [-0.3, -0.25) is 4.98 Å². The summed E-state index contributed by atoms with van der Waals surface area (Å²) in [5.41, 5.74) is -0.799. The van der Waals surface area contributed by atoms with Crippen LogP contribution in [0.1, 0.15) is 12.0 Å². The number of anilines is 1. The van der Waals surface area contributed by atoms with E-state index in [1.165, 1.54) is 12.3 Å². The lowest BCUT2D eigenvalue weighted by molar-refractivity contribution is -0.137. The highest BCUT2D eigenvalue weighted by atomic mass is 35.5. The Hall–Kier alpha value is -2.09. The number of alkyl halides is 3. The van der Waals surface area contributed by atoms with E-state index in [4.69, 9.17) is 16.3 Å². The van der Waals surface area contributed by atoms with Gasteiger partial charge in [0.1, 0.15) is 17.1 Å². The smallest absolute Gasteiger partial charge is 0.417 e. The molecule has 3 heterocycles. The van der Waals surface area contributed by atoms with E-state index in [0.717, 1.165) is 12.3 Å². The molecule has 0 aliphatic carbocycles. The molecule has 0 spiro atoms. The summed E-state index contributed by atoms with van der Waals surface area (Å²) in [5, 5.41) is 0.302. The maximum Gasteiger partial charge on any atom is 0.417 e. The number of nitrogens with zero attached hydrogens (tertiary/aromatic N) is 4. The molecule has 9 heteroatoms. The summed E-state index contributed by atoms with van der Waals surface area (Å²) in [5.74, 6) is 0.811. The number of rotatable bonds is 3. The second-order valence-corrected chi connectivity index (χ2v) is 5.44. The normalized spacial score (nSPS) is 18.3. The summed E-state index contributed by atoms with van der Waals surface area (Å²) < 4.78 is 43.1. The number of pyridine rings is 1. The van der Waals surface area contributed by atoms with Crippen LogP contribution in [0.3, 0.4) is 0 Å². The van der Waals surface area contributed by atoms with E-state index in [1.54, 1.807) is 6.20 Å². The van der Waals surface area contributed by atoms with Crippen LogP contribution in [0.5, 0.6) is 5.88 Å². The predicted octanol–water partition coefficient (Wildman–Crippen LogP) is 3.20. The third kappa shape index (κ3) is 3.82. The Labute approximate surface area is 135 Å². The van der Waals surface area contributed by atoms with Gasteiger partial charge in [0.15, 0.2) is 0 Å². The van der Waals surface area contributed by atoms with Crippen molar-refractivity contribution in [3.05, 3.63) is 41.4 Å². The van der Waals surface area contributed by atoms with Crippen molar-refractivity contribution in [3.63, 3.8) is 0 Å². The molecule has 2 aromatic heterocycles. The molecule has 5 nitrogen and oxygen atoms in total. The molecule has 0 aromatic carbocycles. The molecule has 0 saturated carbocycles. The quantitative estimate of drug-likeness (QED) is 0.856. The first kappa shape index (κ1) is 15.8. The molecule has 23 heavy (non-hydrogen) atoms. The molecule has 122 valence electrons. The Kier molecular flexibility index (Phi) is 4.25. The fourth-order valence-electron chi connectivity index (χ4n) is 2.31. The molecule has 0 N–H and O–H groups in total. The van der Waals surface area contributed by atoms with Gasteiger partial charge in [0.25, 0.3) is 0 Å². The summed E-state index contributed by atoms with van der Waals surface area (Å²) in [6.45, 7) is 1.23. The SMILES string of the molecule is FC(F)(F)c1ccc(OC2CCN(c3cncc(Cl)n3)C2)nc1. The first-order valence-corrected chi connectivity index (χ1v) is 7.22. The topological polar surface area (TPSA) is 51.1 Å². The Bertz CT molecular complexity index is 680. The lowest BCUT2D eigenvalue weighted by Crippen LogP contribution is -2.25. The molecular weight excluding hydrogens is 333 g/mol. The van der Waals surface area contributed by atoms with E-state index >= 15 is 0 Å². The Morgan fingerprint density at radius 3 is 2.70 bits per heavy atom. The maximum absolute atomic E-state index is 12.5. The summed E-state index contributed by atoms with van der Waals surface area (Å²) in [4.78, 5) is 13.8. The number of aromatic nitrogens is 3. The highest BCUT2D eigenvalue weighted by Gasteiger charge is 2.31. The number of hydrogen-bond donors (Lipinski definition) is 0. The van der Waals surface area contributed by atoms with Crippen LogP contribution >= 0.6 is 11.6 Å². The monoisotopic (exact) mass is 344 g/mol. The molecule has 0 amide bonds. The van der Waals surface area contributed by atoms with Crippen LogP contribution < -0.4 is 9.64 Å². The third-order valence-electron chi connectivity index (χ3n) is 3.41. The number of ether oxygens (including phenoxy) is 1. The van der Waals surface area contributed by atoms with Crippen LogP contribution in [0.2, 0.25) is 5.15 Å². The van der Waals surface area contributed by atoms with Gasteiger partial charge in [-0.1, -0.05) is 11.6 Å². The average Bonchev–Trinajstić information content (AvgIpc) is 2.95. The fourth-order valence-corrected chi connectivity index (χ4v) is 2.45. The van der Waals surface area contributed by atoms with Gasteiger partial charge in [-0.2, -0.15) is 13.2 Å². The summed E-state index contributed by atoms with van der Waals surface area (Å²) >= 11 is 5.81. The van der Waals surface area contributed by atoms with Crippen LogP contribution in [-0.2, 0) is 6.18 Å². The van der Waals surface area contributed by atoms with Crippen molar-refractivity contribution >= 4 is 17.4 Å². The molecule has 0 bridgehead atoms. The van der Waals surface area contributed by atoms with E-state index < -0.39 is 11.7 Å². The van der Waals surface area contributed by atoms with Gasteiger partial charge >= 0.3 is 6.18 Å². The van der Waals surface area contributed by atoms with E-state index in [-0.39, 0.29) is 12.0 Å². The molecule has 1 aliphatic heterocycles. The molecule has 1 aliphatic rings. The Morgan fingerprint density at radius 2 is 2.04 bits per heavy atom. The summed E-state index contributed by atoms with van der Waals surface area (Å²) in [6.07, 6.45) is -0.0613. The lowest BCUT2D eigenvalue weighted by atomic mass is 10.3. The largest absolute Gasteiger partial charge is 0.472 e. The first-order chi connectivity index (χ1) is 10.9. The second-order valence-electron chi connectivity index (χ2n) is 5.06. The van der Waals surface area contributed by atoms with Crippen LogP contribution in [-0.4, -0.2) is 34.1 Å². The van der Waals surface area contributed by atoms with E-state index in [1.807, 2.05) is 4.90 Å². The summed E-state index contributed by atoms with van der Waals surface area (Å²) in [7, 11) is 0. The molecular formula is C14H12ClF3N4O. The van der Waals surface area contributed by atoms with Gasteiger partial charge in [0.2, 0.25) is 5.88 Å². The zero-order valence-electron chi connectivity index (χ0n) is 11.8. The maximum atomic E-state index is 12.5. The zero-order chi connectivity index (χ0) is 16.4. The van der Waals surface area contributed by atoms with Crippen LogP contribution in [0, 0.1) is 0 Å². The molecule has 1 fully saturated rings. The minimum absolute atomic E-state index is 0.169. The van der Waals surface area contributed by atoms with Gasteiger partial charge in [0.05, 0.1) is 24.5 Å². The molecule has 1 saturated heterocycles. The van der Waals surface area contributed by atoms with E-state index in [9.17, 15) is 13.2 Å². The number of halogens is 4. The van der Waals surface area contributed by atoms with Crippen molar-refractivity contribution in [1.82, 2.24) is 15.0 Å². The third-order valence-corrected chi connectivity index (χ3v) is 3.59. The first-order valence-electron chi connectivity index (χ1n) is 6.84. The van der Waals surface area contributed by atoms with E-state index in [2.05, 4.69) is 15.0 Å². The van der Waals surface area contributed by atoms with Crippen molar-refractivity contribution in [1.29, 1.82) is 0 Å². The standard InChI is InChI=1S/C14H12ClF3N4O/c15-11-6-19-7-12(21-11)22-4-3-10(8-22)23-13-2-1-9(5-20-13)14(16,17)18/h1-2,5-7,10H,3-4,8H2. The lowest BCUT2D eigenvalue weighted by Gasteiger charge is -2.17. The van der Waals surface area contributed by atoms with E-state index in [0.29, 0.717) is 30.5 Å². The van der Waals surface area contributed by atoms with Gasteiger partial charge in [0, 0.05) is 25.2 Å². The highest BCUT2D eigenvalue weighted by Crippen LogP contribution is 2.29. The predicted molar refractivity (Wildman–Crippen MR) is 77.5 cm³/mol. The van der Waals surface area contributed by atoms with Crippen molar-refractivity contribution in [3.8, 4) is 5.88 Å². The highest BCUT2D eigenvalue weighted by molar-refractivity contribution is 6.29. The van der Waals surface area contributed by atoms with Crippen molar-refractivity contribution in [2.24, 2.45) is 0 Å². The van der Waals surface area contributed by atoms with Crippen molar-refractivity contribution < 1.29 is 17.9 Å². The Morgan fingerprint density at radius 1 is 1.22 bits per heavy atom. The molecule has 2 aromatic rings. The van der Waals surface area contributed by atoms with Crippen molar-refractivity contribution in [2.45, 2.75) is 18.7 Å². The van der Waals surface area contributed by atoms with Crippen LogP contribution in [0.25, 0.3) is 0 Å². The second kappa shape index (κ2) is 6.19. The van der Waals surface area contributed by atoms with Gasteiger partial charge < -0.3 is 9.64 Å². The van der Waals surface area contributed by atoms with Crippen molar-refractivity contribution in [2.75, 3.05) is 18.0 Å². The Balaban J connectivity index is 1.62. The molecule has 3 rings (SSSR count). The molecule has 1 unspecified atom stereocenters. The van der Waals surface area contributed by atoms with Crippen LogP contribution in [0.15, 0.2) is 30.7 Å². The minimum atomic E-state index is -4.40. The van der Waals surface area contributed by atoms with Gasteiger partial charge in [-0.25, -0.2) is 9.97 Å². The fraction of sp³-hybridized carbons (Fsp3) is 0.357. The zero-order valence-corrected chi connectivity index (χ0v) is 12.6. The summed E-state index contributed by atoms with van der Waals surface area (Å²) in [6, 6.07) is 2.18. The van der Waals surface area contributed by atoms with Crippen LogP contribution in [0.4, 0.5) is 19.0 Å². The van der Waals surface area contributed by atoms with Gasteiger partial charge in [-0.15, -0.1) is 0 Å². The minimum Gasteiger partial charge on any atom is -0.472 e. The number of hydrogen-bond acceptors (Lipinski definition) is 5.